The number of nitrogens with one attached hydrogen (secondary N) is 1. The van der Waals surface area contributed by atoms with Crippen LogP contribution in [0.4, 0.5) is 0 Å². The molecule has 1 amide bonds. The minimum Gasteiger partial charge on any atom is -0.351 e. The van der Waals surface area contributed by atoms with Gasteiger partial charge in [-0.2, -0.15) is 0 Å². The molecule has 2 rings (SSSR count). The van der Waals surface area contributed by atoms with E-state index in [1.165, 1.54) is 0 Å². The van der Waals surface area contributed by atoms with Gasteiger partial charge in [0.25, 0.3) is 0 Å². The minimum absolute atomic E-state index is 0.0204. The predicted octanol–water partition coefficient (Wildman–Crippen LogP) is 2.25. The van der Waals surface area contributed by atoms with Crippen LogP contribution in [0.15, 0.2) is 36.5 Å². The van der Waals surface area contributed by atoms with E-state index in [0.29, 0.717) is 11.9 Å². The molecule has 82 valence electrons. The number of rotatable bonds is 3. The van der Waals surface area contributed by atoms with Gasteiger partial charge >= 0.3 is 0 Å². The van der Waals surface area contributed by atoms with Crippen LogP contribution in [-0.2, 0) is 11.3 Å². The Balaban J connectivity index is 2.27. The molecule has 0 radical (unpaired) electrons. The van der Waals surface area contributed by atoms with E-state index >= 15 is 0 Å². The van der Waals surface area contributed by atoms with Gasteiger partial charge in [-0.3, -0.25) is 9.78 Å². The molecule has 16 heavy (non-hydrogen) atoms. The van der Waals surface area contributed by atoms with E-state index in [9.17, 15) is 4.79 Å². The van der Waals surface area contributed by atoms with Crippen molar-refractivity contribution in [3.05, 3.63) is 42.1 Å². The summed E-state index contributed by atoms with van der Waals surface area (Å²) in [6.07, 6.45) is 1.76. The number of carbonyl (C=O) groups excluding carboxylic acids is 1. The van der Waals surface area contributed by atoms with Gasteiger partial charge in [0.2, 0.25) is 5.91 Å². The van der Waals surface area contributed by atoms with Gasteiger partial charge in [0, 0.05) is 18.1 Å². The summed E-state index contributed by atoms with van der Waals surface area (Å²) in [6.45, 7) is 0.513. The molecule has 1 N–H and O–H groups in total. The lowest BCUT2D eigenvalue weighted by Gasteiger charge is -2.06. The molecule has 0 fully saturated rings. The maximum absolute atomic E-state index is 11.1. The molecule has 0 aliphatic rings. The lowest BCUT2D eigenvalue weighted by Crippen LogP contribution is -2.23. The van der Waals surface area contributed by atoms with Crippen LogP contribution in [-0.4, -0.2) is 16.2 Å². The van der Waals surface area contributed by atoms with Gasteiger partial charge in [0.15, 0.2) is 0 Å². The molecule has 4 heteroatoms. The molecule has 1 heterocycles. The summed E-state index contributed by atoms with van der Waals surface area (Å²) in [6, 6.07) is 9.88. The van der Waals surface area contributed by atoms with Gasteiger partial charge in [-0.05, 0) is 11.6 Å². The number of hydrogen-bond acceptors (Lipinski definition) is 2. The van der Waals surface area contributed by atoms with Crippen LogP contribution in [0.1, 0.15) is 5.56 Å². The third-order valence-electron chi connectivity index (χ3n) is 2.31. The van der Waals surface area contributed by atoms with Crippen molar-refractivity contribution >= 4 is 32.7 Å². The van der Waals surface area contributed by atoms with Crippen molar-refractivity contribution in [3.63, 3.8) is 0 Å². The van der Waals surface area contributed by atoms with Crippen molar-refractivity contribution in [2.24, 2.45) is 0 Å². The van der Waals surface area contributed by atoms with Gasteiger partial charge in [0.05, 0.1) is 10.8 Å². The highest BCUT2D eigenvalue weighted by molar-refractivity contribution is 9.09. The summed E-state index contributed by atoms with van der Waals surface area (Å²) in [7, 11) is 0. The second-order valence-electron chi connectivity index (χ2n) is 3.40. The average Bonchev–Trinajstić information content (AvgIpc) is 2.35. The topological polar surface area (TPSA) is 42.0 Å². The number of para-hydroxylation sites is 1. The van der Waals surface area contributed by atoms with Crippen LogP contribution < -0.4 is 5.32 Å². The minimum atomic E-state index is -0.0204. The SMILES string of the molecule is O=C(CBr)NCc1cccc2cccnc12. The Kier molecular flexibility index (Phi) is 3.51. The van der Waals surface area contributed by atoms with Crippen molar-refractivity contribution in [1.29, 1.82) is 0 Å². The van der Waals surface area contributed by atoms with E-state index in [4.69, 9.17) is 0 Å². The highest BCUT2D eigenvalue weighted by Crippen LogP contribution is 2.15. The number of pyridine rings is 1. The molecule has 0 aliphatic heterocycles. The molecule has 0 bridgehead atoms. The van der Waals surface area contributed by atoms with Crippen molar-refractivity contribution in [3.8, 4) is 0 Å². The summed E-state index contributed by atoms with van der Waals surface area (Å²) in [5.41, 5.74) is 1.98. The molecular weight excluding hydrogens is 268 g/mol. The van der Waals surface area contributed by atoms with Crippen LogP contribution in [0.5, 0.6) is 0 Å². The summed E-state index contributed by atoms with van der Waals surface area (Å²) in [5, 5.41) is 4.23. The number of amides is 1. The Morgan fingerprint density at radius 1 is 1.31 bits per heavy atom. The van der Waals surface area contributed by atoms with Gasteiger partial charge in [-0.1, -0.05) is 40.2 Å². The monoisotopic (exact) mass is 278 g/mol. The number of halogens is 1. The predicted molar refractivity (Wildman–Crippen MR) is 67.4 cm³/mol. The first-order valence-corrected chi connectivity index (χ1v) is 6.08. The van der Waals surface area contributed by atoms with E-state index in [1.807, 2.05) is 30.3 Å². The molecule has 0 spiro atoms. The Morgan fingerprint density at radius 2 is 2.12 bits per heavy atom. The molecule has 0 unspecified atom stereocenters. The van der Waals surface area contributed by atoms with Crippen molar-refractivity contribution in [2.45, 2.75) is 6.54 Å². The average molecular weight is 279 g/mol. The van der Waals surface area contributed by atoms with Crippen molar-refractivity contribution in [2.75, 3.05) is 5.33 Å². The number of hydrogen-bond donors (Lipinski definition) is 1. The standard InChI is InChI=1S/C12H11BrN2O/c13-7-11(16)15-8-10-4-1-3-9-5-2-6-14-12(9)10/h1-6H,7-8H2,(H,15,16). The Hall–Kier alpha value is -1.42. The highest BCUT2D eigenvalue weighted by Gasteiger charge is 2.03. The quantitative estimate of drug-likeness (QED) is 0.875. The number of aromatic nitrogens is 1. The number of benzene rings is 1. The molecule has 1 aromatic carbocycles. The zero-order chi connectivity index (χ0) is 11.4. The summed E-state index contributed by atoms with van der Waals surface area (Å²) in [5.74, 6) is -0.0204. The highest BCUT2D eigenvalue weighted by atomic mass is 79.9. The molecule has 2 aromatic rings. The summed E-state index contributed by atoms with van der Waals surface area (Å²) in [4.78, 5) is 15.5. The van der Waals surface area contributed by atoms with Gasteiger partial charge in [0.1, 0.15) is 0 Å². The zero-order valence-electron chi connectivity index (χ0n) is 8.61. The van der Waals surface area contributed by atoms with Crippen LogP contribution in [0.25, 0.3) is 10.9 Å². The Labute approximate surface area is 102 Å². The number of nitrogens with zero attached hydrogens (tertiary/aromatic N) is 1. The first-order valence-electron chi connectivity index (χ1n) is 4.96. The Bertz CT molecular complexity index is 508. The molecular formula is C12H11BrN2O. The zero-order valence-corrected chi connectivity index (χ0v) is 10.2. The number of alkyl halides is 1. The van der Waals surface area contributed by atoms with Gasteiger partial charge in [-0.15, -0.1) is 0 Å². The maximum atomic E-state index is 11.1. The Morgan fingerprint density at radius 3 is 2.94 bits per heavy atom. The van der Waals surface area contributed by atoms with E-state index in [1.54, 1.807) is 6.20 Å². The van der Waals surface area contributed by atoms with Crippen LogP contribution in [0.2, 0.25) is 0 Å². The van der Waals surface area contributed by atoms with Gasteiger partial charge in [-0.25, -0.2) is 0 Å². The van der Waals surface area contributed by atoms with Crippen LogP contribution in [0, 0.1) is 0 Å². The lowest BCUT2D eigenvalue weighted by molar-refractivity contribution is -0.118. The van der Waals surface area contributed by atoms with Crippen molar-refractivity contribution < 1.29 is 4.79 Å². The fourth-order valence-electron chi connectivity index (χ4n) is 1.55. The molecule has 1 aromatic heterocycles. The van der Waals surface area contributed by atoms with E-state index in [-0.39, 0.29) is 5.91 Å². The molecule has 0 saturated heterocycles. The number of carbonyl (C=O) groups is 1. The molecule has 0 saturated carbocycles. The second kappa shape index (κ2) is 5.07. The molecule has 3 nitrogen and oxygen atoms in total. The first-order chi connectivity index (χ1) is 7.81. The normalized spacial score (nSPS) is 10.3. The smallest absolute Gasteiger partial charge is 0.230 e. The van der Waals surface area contributed by atoms with E-state index < -0.39 is 0 Å². The van der Waals surface area contributed by atoms with Gasteiger partial charge < -0.3 is 5.32 Å². The van der Waals surface area contributed by atoms with Crippen LogP contribution >= 0.6 is 15.9 Å². The first kappa shape index (κ1) is 11.1. The summed E-state index contributed by atoms with van der Waals surface area (Å²) >= 11 is 3.11. The van der Waals surface area contributed by atoms with Crippen LogP contribution in [0.3, 0.4) is 0 Å². The maximum Gasteiger partial charge on any atom is 0.230 e. The second-order valence-corrected chi connectivity index (χ2v) is 3.96. The summed E-state index contributed by atoms with van der Waals surface area (Å²) < 4.78 is 0. The van der Waals surface area contributed by atoms with E-state index in [2.05, 4.69) is 26.2 Å². The van der Waals surface area contributed by atoms with Crippen molar-refractivity contribution in [1.82, 2.24) is 10.3 Å². The fraction of sp³-hybridized carbons (Fsp3) is 0.167. The lowest BCUT2D eigenvalue weighted by atomic mass is 10.1. The molecule has 0 aliphatic carbocycles. The number of fused-ring (bicyclic) bond motifs is 1. The largest absolute Gasteiger partial charge is 0.351 e. The molecule has 0 atom stereocenters. The fourth-order valence-corrected chi connectivity index (χ4v) is 1.75. The van der Waals surface area contributed by atoms with E-state index in [0.717, 1.165) is 16.5 Å². The third kappa shape index (κ3) is 2.39. The third-order valence-corrected chi connectivity index (χ3v) is 2.82.